The van der Waals surface area contributed by atoms with Crippen LogP contribution in [0.25, 0.3) is 0 Å². The van der Waals surface area contributed by atoms with E-state index in [1.165, 1.54) is 0 Å². The largest absolute Gasteiger partial charge is 0.385 e. The van der Waals surface area contributed by atoms with Crippen molar-refractivity contribution in [3.8, 4) is 6.19 Å². The molecule has 2 atom stereocenters. The Kier molecular flexibility index (Phi) is 6.68. The Bertz CT molecular complexity index is 727. The van der Waals surface area contributed by atoms with E-state index in [-0.39, 0.29) is 6.04 Å². The molecular weight excluding hydrogens is 336 g/mol. The number of benzene rings is 1. The van der Waals surface area contributed by atoms with Gasteiger partial charge in [0.15, 0.2) is 6.19 Å². The molecule has 6 nitrogen and oxygen atoms in total. The lowest BCUT2D eigenvalue weighted by Crippen LogP contribution is -2.36. The Morgan fingerprint density at radius 1 is 1.44 bits per heavy atom. The summed E-state index contributed by atoms with van der Waals surface area (Å²) in [6.45, 7) is 8.00. The summed E-state index contributed by atoms with van der Waals surface area (Å²) in [4.78, 5) is 1.88. The number of likely N-dealkylation sites (tertiary alicyclic amines) is 1. The van der Waals surface area contributed by atoms with Crippen molar-refractivity contribution in [1.29, 1.82) is 5.26 Å². The minimum absolute atomic E-state index is 0.217. The molecule has 0 bridgehead atoms. The van der Waals surface area contributed by atoms with Crippen LogP contribution in [0.4, 0.5) is 5.69 Å². The van der Waals surface area contributed by atoms with E-state index in [1.54, 1.807) is 17.9 Å². The first-order valence-corrected chi connectivity index (χ1v) is 10.4. The van der Waals surface area contributed by atoms with E-state index in [4.69, 9.17) is 5.26 Å². The highest BCUT2D eigenvalue weighted by Gasteiger charge is 2.27. The number of nitrogens with one attached hydrogen (secondary N) is 2. The van der Waals surface area contributed by atoms with Crippen LogP contribution >= 0.6 is 0 Å². The van der Waals surface area contributed by atoms with Crippen molar-refractivity contribution in [2.24, 2.45) is 5.92 Å². The van der Waals surface area contributed by atoms with Gasteiger partial charge in [-0.05, 0) is 43.4 Å². The van der Waals surface area contributed by atoms with E-state index in [2.05, 4.69) is 30.1 Å². The molecule has 25 heavy (non-hydrogen) atoms. The lowest BCUT2D eigenvalue weighted by molar-refractivity contribution is 0.470. The van der Waals surface area contributed by atoms with Crippen LogP contribution in [0.5, 0.6) is 0 Å². The van der Waals surface area contributed by atoms with E-state index in [0.717, 1.165) is 30.6 Å². The summed E-state index contributed by atoms with van der Waals surface area (Å²) in [6.07, 6.45) is 5.00. The van der Waals surface area contributed by atoms with Crippen LogP contribution in [-0.4, -0.2) is 39.0 Å². The van der Waals surface area contributed by atoms with Crippen molar-refractivity contribution in [1.82, 2.24) is 9.62 Å². The summed E-state index contributed by atoms with van der Waals surface area (Å²) in [6, 6.07) is 5.23. The maximum Gasteiger partial charge on any atom is 0.241 e. The summed E-state index contributed by atoms with van der Waals surface area (Å²) in [5, 5.41) is 12.2. The Balaban J connectivity index is 2.09. The average molecular weight is 365 g/mol. The lowest BCUT2D eigenvalue weighted by Gasteiger charge is -2.17. The highest BCUT2D eigenvalue weighted by Crippen LogP contribution is 2.22. The smallest absolute Gasteiger partial charge is 0.241 e. The summed E-state index contributed by atoms with van der Waals surface area (Å²) >= 11 is 0. The predicted octanol–water partition coefficient (Wildman–Crippen LogP) is 2.68. The average Bonchev–Trinajstić information content (AvgIpc) is 3.01. The van der Waals surface area contributed by atoms with Gasteiger partial charge in [0.1, 0.15) is 0 Å². The number of nitrogens with zero attached hydrogens (tertiary/aromatic N) is 2. The van der Waals surface area contributed by atoms with Crippen LogP contribution in [0.1, 0.15) is 38.7 Å². The van der Waals surface area contributed by atoms with Gasteiger partial charge in [0, 0.05) is 31.4 Å². The monoisotopic (exact) mass is 364 g/mol. The molecule has 1 heterocycles. The molecule has 2 N–H and O–H groups in total. The third-order valence-electron chi connectivity index (χ3n) is 4.57. The molecule has 1 unspecified atom stereocenters. The number of aryl methyl sites for hydroxylation is 1. The fraction of sp³-hybridized carbons (Fsp3) is 0.611. The molecular formula is C18H28N4O2S. The zero-order valence-electron chi connectivity index (χ0n) is 15.2. The van der Waals surface area contributed by atoms with Crippen LogP contribution < -0.4 is 10.0 Å². The molecule has 7 heteroatoms. The van der Waals surface area contributed by atoms with Crippen molar-refractivity contribution >= 4 is 15.7 Å². The van der Waals surface area contributed by atoms with Crippen molar-refractivity contribution in [2.75, 3.05) is 25.0 Å². The Labute approximate surface area is 151 Å². The van der Waals surface area contributed by atoms with E-state index >= 15 is 0 Å². The van der Waals surface area contributed by atoms with Gasteiger partial charge >= 0.3 is 0 Å². The van der Waals surface area contributed by atoms with Crippen LogP contribution in [0.15, 0.2) is 23.1 Å². The number of sulfonamides is 1. The SMILES string of the molecule is CCCC(C)CNc1ccc(C)c(S(=O)(=O)N[C@@H]2CCN(C#N)C2)c1. The van der Waals surface area contributed by atoms with Crippen LogP contribution in [0.2, 0.25) is 0 Å². The van der Waals surface area contributed by atoms with Gasteiger partial charge in [0.25, 0.3) is 0 Å². The van der Waals surface area contributed by atoms with Crippen molar-refractivity contribution < 1.29 is 8.42 Å². The third-order valence-corrected chi connectivity index (χ3v) is 6.23. The third kappa shape index (κ3) is 5.35. The Morgan fingerprint density at radius 3 is 2.84 bits per heavy atom. The van der Waals surface area contributed by atoms with Crippen LogP contribution in [0, 0.1) is 24.3 Å². The summed E-state index contributed by atoms with van der Waals surface area (Å²) < 4.78 is 28.3. The summed E-state index contributed by atoms with van der Waals surface area (Å²) in [5.74, 6) is 0.542. The summed E-state index contributed by atoms with van der Waals surface area (Å²) in [7, 11) is -3.60. The normalized spacial score (nSPS) is 18.8. The van der Waals surface area contributed by atoms with Gasteiger partial charge in [-0.3, -0.25) is 0 Å². The first kappa shape index (κ1) is 19.5. The highest BCUT2D eigenvalue weighted by atomic mass is 32.2. The molecule has 1 fully saturated rings. The first-order chi connectivity index (χ1) is 11.9. The number of rotatable bonds is 8. The molecule has 1 aromatic rings. The summed E-state index contributed by atoms with van der Waals surface area (Å²) in [5.41, 5.74) is 1.54. The number of nitriles is 1. The quantitative estimate of drug-likeness (QED) is 0.693. The van der Waals surface area contributed by atoms with Gasteiger partial charge in [-0.15, -0.1) is 0 Å². The van der Waals surface area contributed by atoms with Crippen LogP contribution in [0.3, 0.4) is 0 Å². The second-order valence-electron chi connectivity index (χ2n) is 6.91. The van der Waals surface area contributed by atoms with Gasteiger partial charge in [-0.25, -0.2) is 13.1 Å². The molecule has 0 aromatic heterocycles. The molecule has 1 aliphatic heterocycles. The predicted molar refractivity (Wildman–Crippen MR) is 99.7 cm³/mol. The number of hydrogen-bond donors (Lipinski definition) is 2. The van der Waals surface area contributed by atoms with Crippen molar-refractivity contribution in [3.63, 3.8) is 0 Å². The fourth-order valence-corrected chi connectivity index (χ4v) is 4.65. The van der Waals surface area contributed by atoms with Gasteiger partial charge in [0.05, 0.1) is 4.90 Å². The van der Waals surface area contributed by atoms with E-state index in [0.29, 0.717) is 30.3 Å². The van der Waals surface area contributed by atoms with Gasteiger partial charge in [-0.1, -0.05) is 26.3 Å². The number of hydrogen-bond acceptors (Lipinski definition) is 5. The topological polar surface area (TPSA) is 85.2 Å². The lowest BCUT2D eigenvalue weighted by atomic mass is 10.1. The maximum absolute atomic E-state index is 12.8. The van der Waals surface area contributed by atoms with Gasteiger partial charge < -0.3 is 10.2 Å². The van der Waals surface area contributed by atoms with Crippen molar-refractivity contribution in [2.45, 2.75) is 51.0 Å². The first-order valence-electron chi connectivity index (χ1n) is 8.87. The fourth-order valence-electron chi connectivity index (χ4n) is 3.12. The van der Waals surface area contributed by atoms with E-state index in [1.807, 2.05) is 12.1 Å². The highest BCUT2D eigenvalue weighted by molar-refractivity contribution is 7.89. The minimum atomic E-state index is -3.60. The second-order valence-corrected chi connectivity index (χ2v) is 8.59. The molecule has 1 aromatic carbocycles. The Morgan fingerprint density at radius 2 is 2.20 bits per heavy atom. The van der Waals surface area contributed by atoms with Crippen LogP contribution in [-0.2, 0) is 10.0 Å². The molecule has 1 aliphatic rings. The minimum Gasteiger partial charge on any atom is -0.385 e. The molecule has 0 radical (unpaired) electrons. The molecule has 0 saturated carbocycles. The molecule has 0 aliphatic carbocycles. The molecule has 0 amide bonds. The zero-order chi connectivity index (χ0) is 18.4. The maximum atomic E-state index is 12.8. The molecule has 2 rings (SSSR count). The van der Waals surface area contributed by atoms with Crippen molar-refractivity contribution in [3.05, 3.63) is 23.8 Å². The molecule has 0 spiro atoms. The van der Waals surface area contributed by atoms with E-state index in [9.17, 15) is 8.42 Å². The Hall–Kier alpha value is -1.78. The zero-order valence-corrected chi connectivity index (χ0v) is 16.1. The second kappa shape index (κ2) is 8.54. The number of anilines is 1. The van der Waals surface area contributed by atoms with E-state index < -0.39 is 10.0 Å². The molecule has 1 saturated heterocycles. The molecule has 138 valence electrons. The van der Waals surface area contributed by atoms with Gasteiger partial charge in [0.2, 0.25) is 10.0 Å². The standard InChI is InChI=1S/C18H28N4O2S/c1-4-5-14(2)11-20-16-7-6-15(3)18(10-16)25(23,24)21-17-8-9-22(12-17)13-19/h6-7,10,14,17,20-21H,4-5,8-9,11-12H2,1-3H3/t14?,17-/m1/s1. The van der Waals surface area contributed by atoms with Gasteiger partial charge in [-0.2, -0.15) is 5.26 Å².